The first-order valence-electron chi connectivity index (χ1n) is 4.76. The number of hydrogen-bond donors (Lipinski definition) is 0. The number of thiophene rings is 1. The van der Waals surface area contributed by atoms with Crippen LogP contribution in [-0.4, -0.2) is 17.9 Å². The zero-order valence-corrected chi connectivity index (χ0v) is 9.89. The number of Topliss-reactive ketones (excluding diaryl/α,β-unsaturated/α-hetero) is 1. The van der Waals surface area contributed by atoms with Gasteiger partial charge in [-0.25, -0.2) is 0 Å². The zero-order valence-electron chi connectivity index (χ0n) is 9.07. The van der Waals surface area contributed by atoms with E-state index in [4.69, 9.17) is 4.74 Å². The van der Waals surface area contributed by atoms with Gasteiger partial charge in [-0.1, -0.05) is 0 Å². The molecule has 1 aromatic rings. The summed E-state index contributed by atoms with van der Waals surface area (Å²) in [6.45, 7) is 4.78. The molecular formula is C11H14O3S. The summed E-state index contributed by atoms with van der Waals surface area (Å²) in [5, 5.41) is 0. The summed E-state index contributed by atoms with van der Waals surface area (Å²) in [5.74, 6) is -0.197. The SMILES string of the molecule is CC(=O)OC(C)Cc1ccc(C(C)=O)s1. The van der Waals surface area contributed by atoms with Crippen molar-refractivity contribution in [1.29, 1.82) is 0 Å². The van der Waals surface area contributed by atoms with Gasteiger partial charge in [0.15, 0.2) is 5.78 Å². The van der Waals surface area contributed by atoms with Gasteiger partial charge in [-0.3, -0.25) is 9.59 Å². The molecule has 0 saturated heterocycles. The summed E-state index contributed by atoms with van der Waals surface area (Å²) in [6.07, 6.45) is 0.526. The molecular weight excluding hydrogens is 212 g/mol. The van der Waals surface area contributed by atoms with Crippen LogP contribution in [0.1, 0.15) is 35.3 Å². The van der Waals surface area contributed by atoms with Crippen LogP contribution >= 0.6 is 11.3 Å². The Morgan fingerprint density at radius 1 is 1.40 bits per heavy atom. The van der Waals surface area contributed by atoms with E-state index in [-0.39, 0.29) is 17.9 Å². The van der Waals surface area contributed by atoms with E-state index in [1.165, 1.54) is 18.3 Å². The Labute approximate surface area is 93.1 Å². The number of esters is 1. The molecule has 15 heavy (non-hydrogen) atoms. The molecule has 0 amide bonds. The summed E-state index contributed by atoms with van der Waals surface area (Å²) in [5.41, 5.74) is 0. The average molecular weight is 226 g/mol. The molecule has 0 radical (unpaired) electrons. The maximum Gasteiger partial charge on any atom is 0.302 e. The van der Waals surface area contributed by atoms with Crippen molar-refractivity contribution in [3.05, 3.63) is 21.9 Å². The van der Waals surface area contributed by atoms with Crippen LogP contribution in [-0.2, 0) is 16.0 Å². The van der Waals surface area contributed by atoms with E-state index in [1.54, 1.807) is 6.92 Å². The monoisotopic (exact) mass is 226 g/mol. The highest BCUT2D eigenvalue weighted by Crippen LogP contribution is 2.19. The minimum atomic E-state index is -0.272. The van der Waals surface area contributed by atoms with Crippen molar-refractivity contribution in [3.8, 4) is 0 Å². The molecule has 1 atom stereocenters. The van der Waals surface area contributed by atoms with Gasteiger partial charge in [0.25, 0.3) is 0 Å². The highest BCUT2D eigenvalue weighted by molar-refractivity contribution is 7.14. The van der Waals surface area contributed by atoms with Gasteiger partial charge in [-0.15, -0.1) is 11.3 Å². The zero-order chi connectivity index (χ0) is 11.4. The first-order chi connectivity index (χ1) is 6.99. The van der Waals surface area contributed by atoms with Crippen molar-refractivity contribution in [2.24, 2.45) is 0 Å². The summed E-state index contributed by atoms with van der Waals surface area (Å²) in [6, 6.07) is 3.71. The molecule has 0 fully saturated rings. The van der Waals surface area contributed by atoms with Gasteiger partial charge in [0.05, 0.1) is 4.88 Å². The van der Waals surface area contributed by atoms with Crippen molar-refractivity contribution in [1.82, 2.24) is 0 Å². The lowest BCUT2D eigenvalue weighted by Crippen LogP contribution is -2.14. The van der Waals surface area contributed by atoms with Crippen molar-refractivity contribution in [2.75, 3.05) is 0 Å². The van der Waals surface area contributed by atoms with Crippen LogP contribution in [0.15, 0.2) is 12.1 Å². The third kappa shape index (κ3) is 3.83. The molecule has 0 aliphatic heterocycles. The lowest BCUT2D eigenvalue weighted by Gasteiger charge is -2.09. The largest absolute Gasteiger partial charge is 0.462 e. The van der Waals surface area contributed by atoms with E-state index in [9.17, 15) is 9.59 Å². The van der Waals surface area contributed by atoms with Gasteiger partial charge in [-0.2, -0.15) is 0 Å². The molecule has 0 bridgehead atoms. The van der Waals surface area contributed by atoms with Crippen LogP contribution in [0.3, 0.4) is 0 Å². The van der Waals surface area contributed by atoms with Crippen molar-refractivity contribution in [3.63, 3.8) is 0 Å². The molecule has 0 N–H and O–H groups in total. The van der Waals surface area contributed by atoms with Gasteiger partial charge in [0.2, 0.25) is 0 Å². The first kappa shape index (κ1) is 11.9. The molecule has 82 valence electrons. The van der Waals surface area contributed by atoms with Crippen LogP contribution in [0.25, 0.3) is 0 Å². The minimum absolute atomic E-state index is 0.0754. The highest BCUT2D eigenvalue weighted by atomic mass is 32.1. The van der Waals surface area contributed by atoms with E-state index >= 15 is 0 Å². The maximum atomic E-state index is 11.0. The van der Waals surface area contributed by atoms with Crippen LogP contribution in [0.4, 0.5) is 0 Å². The Morgan fingerprint density at radius 2 is 2.07 bits per heavy atom. The predicted molar refractivity (Wildman–Crippen MR) is 59.3 cm³/mol. The normalized spacial score (nSPS) is 12.2. The van der Waals surface area contributed by atoms with E-state index in [0.29, 0.717) is 6.42 Å². The molecule has 0 aliphatic carbocycles. The Kier molecular flexibility index (Phi) is 4.03. The average Bonchev–Trinajstić information content (AvgIpc) is 2.50. The smallest absolute Gasteiger partial charge is 0.302 e. The fraction of sp³-hybridized carbons (Fsp3) is 0.455. The first-order valence-corrected chi connectivity index (χ1v) is 5.57. The van der Waals surface area contributed by atoms with E-state index < -0.39 is 0 Å². The third-order valence-electron chi connectivity index (χ3n) is 1.86. The molecule has 1 heterocycles. The fourth-order valence-corrected chi connectivity index (χ4v) is 2.30. The van der Waals surface area contributed by atoms with Gasteiger partial charge in [-0.05, 0) is 26.0 Å². The van der Waals surface area contributed by atoms with Crippen LogP contribution in [0.2, 0.25) is 0 Å². The second kappa shape index (κ2) is 5.07. The van der Waals surface area contributed by atoms with Crippen molar-refractivity contribution < 1.29 is 14.3 Å². The topological polar surface area (TPSA) is 43.4 Å². The molecule has 3 nitrogen and oxygen atoms in total. The number of ether oxygens (including phenoxy) is 1. The molecule has 0 saturated carbocycles. The second-order valence-corrected chi connectivity index (χ2v) is 4.61. The lowest BCUT2D eigenvalue weighted by molar-refractivity contribution is -0.145. The number of carbonyl (C=O) groups is 2. The third-order valence-corrected chi connectivity index (χ3v) is 3.07. The van der Waals surface area contributed by atoms with E-state index in [0.717, 1.165) is 9.75 Å². The maximum absolute atomic E-state index is 11.0. The molecule has 1 aromatic heterocycles. The molecule has 0 aromatic carbocycles. The molecule has 0 aliphatic rings. The number of hydrogen-bond acceptors (Lipinski definition) is 4. The second-order valence-electron chi connectivity index (χ2n) is 3.45. The lowest BCUT2D eigenvalue weighted by atomic mass is 10.2. The van der Waals surface area contributed by atoms with Gasteiger partial charge >= 0.3 is 5.97 Å². The van der Waals surface area contributed by atoms with E-state index in [2.05, 4.69) is 0 Å². The fourth-order valence-electron chi connectivity index (χ4n) is 1.29. The summed E-state index contributed by atoms with van der Waals surface area (Å²) >= 11 is 1.46. The Bertz CT molecular complexity index is 368. The number of rotatable bonds is 4. The standard InChI is InChI=1S/C11H14O3S/c1-7(14-9(3)13)6-10-4-5-11(15-10)8(2)12/h4-5,7H,6H2,1-3H3. The highest BCUT2D eigenvalue weighted by Gasteiger charge is 2.10. The summed E-state index contributed by atoms with van der Waals surface area (Å²) in [7, 11) is 0. The van der Waals surface area contributed by atoms with Crippen molar-refractivity contribution in [2.45, 2.75) is 33.3 Å². The van der Waals surface area contributed by atoms with Crippen molar-refractivity contribution >= 4 is 23.1 Å². The molecule has 1 unspecified atom stereocenters. The molecule has 1 rings (SSSR count). The quantitative estimate of drug-likeness (QED) is 0.585. The predicted octanol–water partition coefficient (Wildman–Crippen LogP) is 2.44. The summed E-state index contributed by atoms with van der Waals surface area (Å²) in [4.78, 5) is 23.5. The molecule has 0 spiro atoms. The minimum Gasteiger partial charge on any atom is -0.462 e. The van der Waals surface area contributed by atoms with Crippen LogP contribution in [0, 0.1) is 0 Å². The Morgan fingerprint density at radius 3 is 2.53 bits per heavy atom. The number of carbonyl (C=O) groups excluding carboxylic acids is 2. The van der Waals surface area contributed by atoms with E-state index in [1.807, 2.05) is 19.1 Å². The van der Waals surface area contributed by atoms with Gasteiger partial charge < -0.3 is 4.74 Å². The summed E-state index contributed by atoms with van der Waals surface area (Å²) < 4.78 is 5.01. The van der Waals surface area contributed by atoms with Gasteiger partial charge in [0.1, 0.15) is 6.10 Å². The number of ketones is 1. The molecule has 4 heteroatoms. The van der Waals surface area contributed by atoms with Crippen LogP contribution < -0.4 is 0 Å². The van der Waals surface area contributed by atoms with Crippen LogP contribution in [0.5, 0.6) is 0 Å². The van der Waals surface area contributed by atoms with Gasteiger partial charge in [0, 0.05) is 18.2 Å². The Balaban J connectivity index is 2.57. The Hall–Kier alpha value is -1.16.